The summed E-state index contributed by atoms with van der Waals surface area (Å²) in [7, 11) is 1.61. The van der Waals surface area contributed by atoms with Gasteiger partial charge in [-0.1, -0.05) is 24.3 Å². The molecule has 0 aliphatic heterocycles. The average molecular weight is 365 g/mol. The predicted octanol–water partition coefficient (Wildman–Crippen LogP) is 4.97. The maximum atomic E-state index is 13.6. The Morgan fingerprint density at radius 1 is 1.00 bits per heavy atom. The van der Waals surface area contributed by atoms with Gasteiger partial charge in [0.25, 0.3) is 5.91 Å². The van der Waals surface area contributed by atoms with Crippen molar-refractivity contribution in [3.63, 3.8) is 0 Å². The second kappa shape index (κ2) is 8.36. The summed E-state index contributed by atoms with van der Waals surface area (Å²) in [6.07, 6.45) is 0. The largest absolute Gasteiger partial charge is 0.497 e. The minimum atomic E-state index is -0.349. The molecule has 4 nitrogen and oxygen atoms in total. The van der Waals surface area contributed by atoms with Gasteiger partial charge in [0.2, 0.25) is 0 Å². The van der Waals surface area contributed by atoms with Crippen molar-refractivity contribution in [2.45, 2.75) is 13.5 Å². The van der Waals surface area contributed by atoms with Crippen LogP contribution in [0.4, 0.5) is 10.1 Å². The van der Waals surface area contributed by atoms with E-state index in [1.807, 2.05) is 36.4 Å². The van der Waals surface area contributed by atoms with E-state index in [0.717, 1.165) is 11.3 Å². The maximum Gasteiger partial charge on any atom is 0.255 e. The third kappa shape index (κ3) is 4.85. The topological polar surface area (TPSA) is 47.6 Å². The Balaban J connectivity index is 1.60. The van der Waals surface area contributed by atoms with Gasteiger partial charge in [-0.25, -0.2) is 4.39 Å². The average Bonchev–Trinajstić information content (AvgIpc) is 2.69. The van der Waals surface area contributed by atoms with Gasteiger partial charge < -0.3 is 14.8 Å². The number of aryl methyl sites for hydroxylation is 1. The summed E-state index contributed by atoms with van der Waals surface area (Å²) < 4.78 is 24.5. The summed E-state index contributed by atoms with van der Waals surface area (Å²) in [5, 5.41) is 2.69. The smallest absolute Gasteiger partial charge is 0.255 e. The molecule has 0 saturated carbocycles. The van der Waals surface area contributed by atoms with E-state index >= 15 is 0 Å². The molecule has 0 heterocycles. The van der Waals surface area contributed by atoms with Gasteiger partial charge in [0.15, 0.2) is 0 Å². The lowest BCUT2D eigenvalue weighted by Gasteiger charge is -2.09. The van der Waals surface area contributed by atoms with Crippen LogP contribution in [0.5, 0.6) is 11.5 Å². The number of amides is 1. The second-order valence-corrected chi connectivity index (χ2v) is 6.08. The van der Waals surface area contributed by atoms with Gasteiger partial charge in [-0.2, -0.15) is 0 Å². The Kier molecular flexibility index (Phi) is 5.71. The fourth-order valence-electron chi connectivity index (χ4n) is 2.48. The molecule has 0 spiro atoms. The Hall–Kier alpha value is -3.34. The first-order valence-electron chi connectivity index (χ1n) is 8.48. The molecule has 138 valence electrons. The fraction of sp³-hybridized carbons (Fsp3) is 0.136. The molecule has 0 aliphatic carbocycles. The first-order valence-corrected chi connectivity index (χ1v) is 8.48. The van der Waals surface area contributed by atoms with Crippen molar-refractivity contribution in [2.24, 2.45) is 0 Å². The van der Waals surface area contributed by atoms with Crippen LogP contribution in [-0.4, -0.2) is 13.0 Å². The third-order valence-electron chi connectivity index (χ3n) is 4.09. The number of nitrogens with one attached hydrogen (secondary N) is 1. The van der Waals surface area contributed by atoms with Gasteiger partial charge in [0, 0.05) is 17.3 Å². The Morgan fingerprint density at radius 2 is 1.74 bits per heavy atom. The summed E-state index contributed by atoms with van der Waals surface area (Å²) in [4.78, 5) is 12.3. The number of benzene rings is 3. The van der Waals surface area contributed by atoms with E-state index in [1.54, 1.807) is 38.3 Å². The molecule has 0 unspecified atom stereocenters. The van der Waals surface area contributed by atoms with Crippen molar-refractivity contribution >= 4 is 11.6 Å². The summed E-state index contributed by atoms with van der Waals surface area (Å²) >= 11 is 0. The van der Waals surface area contributed by atoms with Crippen LogP contribution >= 0.6 is 0 Å². The van der Waals surface area contributed by atoms with Gasteiger partial charge in [-0.05, 0) is 54.4 Å². The highest BCUT2D eigenvalue weighted by Crippen LogP contribution is 2.20. The summed E-state index contributed by atoms with van der Waals surface area (Å²) in [5.41, 5.74) is 2.37. The zero-order valence-electron chi connectivity index (χ0n) is 15.2. The van der Waals surface area contributed by atoms with Crippen molar-refractivity contribution < 1.29 is 18.7 Å². The molecule has 0 aliphatic rings. The van der Waals surface area contributed by atoms with Crippen LogP contribution in [0.3, 0.4) is 0 Å². The lowest BCUT2D eigenvalue weighted by Crippen LogP contribution is -2.12. The number of rotatable bonds is 6. The van der Waals surface area contributed by atoms with Gasteiger partial charge >= 0.3 is 0 Å². The quantitative estimate of drug-likeness (QED) is 0.671. The molecule has 3 aromatic rings. The maximum absolute atomic E-state index is 13.6. The molecule has 0 saturated heterocycles. The van der Waals surface area contributed by atoms with Crippen molar-refractivity contribution in [3.05, 3.63) is 89.2 Å². The standard InChI is InChI=1S/C22H20FNO3/c1-15-6-11-18(12-21(15)23)24-22(25)17-9-7-16(8-10-17)14-27-20-5-3-4-19(13-20)26-2/h3-13H,14H2,1-2H3,(H,24,25). The Bertz CT molecular complexity index is 939. The van der Waals surface area contributed by atoms with E-state index < -0.39 is 0 Å². The van der Waals surface area contributed by atoms with Crippen LogP contribution in [-0.2, 0) is 6.61 Å². The van der Waals surface area contributed by atoms with Gasteiger partial charge in [0.05, 0.1) is 7.11 Å². The Labute approximate surface area is 157 Å². The van der Waals surface area contributed by atoms with Gasteiger partial charge in [0.1, 0.15) is 23.9 Å². The molecule has 3 aromatic carbocycles. The molecule has 0 aromatic heterocycles. The monoisotopic (exact) mass is 365 g/mol. The number of ether oxygens (including phenoxy) is 2. The number of anilines is 1. The first-order chi connectivity index (χ1) is 13.0. The Morgan fingerprint density at radius 3 is 2.44 bits per heavy atom. The van der Waals surface area contributed by atoms with Gasteiger partial charge in [-0.15, -0.1) is 0 Å². The van der Waals surface area contributed by atoms with Crippen LogP contribution < -0.4 is 14.8 Å². The highest BCUT2D eigenvalue weighted by Gasteiger charge is 2.08. The van der Waals surface area contributed by atoms with Crippen molar-refractivity contribution in [2.75, 3.05) is 12.4 Å². The van der Waals surface area contributed by atoms with E-state index in [0.29, 0.717) is 29.2 Å². The molecule has 3 rings (SSSR count). The summed E-state index contributed by atoms with van der Waals surface area (Å²) in [5.74, 6) is 0.793. The van der Waals surface area contributed by atoms with E-state index in [1.165, 1.54) is 6.07 Å². The third-order valence-corrected chi connectivity index (χ3v) is 4.09. The highest BCUT2D eigenvalue weighted by molar-refractivity contribution is 6.04. The molecule has 0 bridgehead atoms. The first kappa shape index (κ1) is 18.5. The molecular formula is C22H20FNO3. The van der Waals surface area contributed by atoms with Crippen LogP contribution in [0, 0.1) is 12.7 Å². The number of hydrogen-bond donors (Lipinski definition) is 1. The van der Waals surface area contributed by atoms with Crippen molar-refractivity contribution in [3.8, 4) is 11.5 Å². The normalized spacial score (nSPS) is 10.3. The predicted molar refractivity (Wildman–Crippen MR) is 103 cm³/mol. The van der Waals surface area contributed by atoms with Crippen LogP contribution in [0.25, 0.3) is 0 Å². The van der Waals surface area contributed by atoms with Crippen LogP contribution in [0.1, 0.15) is 21.5 Å². The SMILES string of the molecule is COc1cccc(OCc2ccc(C(=O)Nc3ccc(C)c(F)c3)cc2)c1. The van der Waals surface area contributed by atoms with E-state index in [2.05, 4.69) is 5.32 Å². The lowest BCUT2D eigenvalue weighted by molar-refractivity contribution is 0.102. The van der Waals surface area contributed by atoms with Crippen LogP contribution in [0.2, 0.25) is 0 Å². The molecule has 1 amide bonds. The van der Waals surface area contributed by atoms with E-state index in [9.17, 15) is 9.18 Å². The lowest BCUT2D eigenvalue weighted by atomic mass is 10.1. The summed E-state index contributed by atoms with van der Waals surface area (Å²) in [6.45, 7) is 2.05. The van der Waals surface area contributed by atoms with E-state index in [4.69, 9.17) is 9.47 Å². The molecular weight excluding hydrogens is 345 g/mol. The molecule has 0 radical (unpaired) electrons. The molecule has 1 N–H and O–H groups in total. The zero-order valence-corrected chi connectivity index (χ0v) is 15.2. The molecule has 27 heavy (non-hydrogen) atoms. The number of carbonyl (C=O) groups excluding carboxylic acids is 1. The minimum Gasteiger partial charge on any atom is -0.497 e. The molecule has 5 heteroatoms. The zero-order chi connectivity index (χ0) is 19.2. The number of methoxy groups -OCH3 is 1. The minimum absolute atomic E-state index is 0.293. The van der Waals surface area contributed by atoms with Gasteiger partial charge in [-0.3, -0.25) is 4.79 Å². The molecule has 0 fully saturated rings. The fourth-order valence-corrected chi connectivity index (χ4v) is 2.48. The summed E-state index contributed by atoms with van der Waals surface area (Å²) in [6, 6.07) is 19.0. The highest BCUT2D eigenvalue weighted by atomic mass is 19.1. The molecule has 0 atom stereocenters. The number of carbonyl (C=O) groups is 1. The number of halogens is 1. The number of hydrogen-bond acceptors (Lipinski definition) is 3. The van der Waals surface area contributed by atoms with Crippen molar-refractivity contribution in [1.82, 2.24) is 0 Å². The van der Waals surface area contributed by atoms with Crippen LogP contribution in [0.15, 0.2) is 66.7 Å². The van der Waals surface area contributed by atoms with E-state index in [-0.39, 0.29) is 11.7 Å². The van der Waals surface area contributed by atoms with Crippen molar-refractivity contribution in [1.29, 1.82) is 0 Å². The second-order valence-electron chi connectivity index (χ2n) is 6.08.